The van der Waals surface area contributed by atoms with Crippen molar-refractivity contribution < 1.29 is 9.53 Å². The minimum atomic E-state index is 0.0558. The normalized spacial score (nSPS) is 15.0. The maximum atomic E-state index is 12.0. The van der Waals surface area contributed by atoms with Crippen molar-refractivity contribution in [2.24, 2.45) is 0 Å². The third kappa shape index (κ3) is 4.61. The number of hydrogen-bond acceptors (Lipinski definition) is 3. The molecular weight excluding hydrogens is 288 g/mol. The van der Waals surface area contributed by atoms with E-state index in [2.05, 4.69) is 17.1 Å². The van der Waals surface area contributed by atoms with Gasteiger partial charge in [-0.05, 0) is 18.6 Å². The second kappa shape index (κ2) is 8.25. The number of hydrogen-bond donors (Lipinski definition) is 1. The first-order valence-corrected chi connectivity index (χ1v) is 8.01. The molecule has 116 valence electrons. The Labute approximate surface area is 131 Å². The highest BCUT2D eigenvalue weighted by atomic mass is 35.5. The van der Waals surface area contributed by atoms with Gasteiger partial charge in [0, 0.05) is 19.5 Å². The fraction of sp³-hybridized carbons (Fsp3) is 0.562. The molecule has 1 heterocycles. The van der Waals surface area contributed by atoms with Crippen molar-refractivity contribution in [3.8, 4) is 0 Å². The molecule has 0 unspecified atom stereocenters. The lowest BCUT2D eigenvalue weighted by atomic mass is 10.2. The number of para-hydroxylation sites is 1. The maximum absolute atomic E-state index is 12.0. The predicted octanol–water partition coefficient (Wildman–Crippen LogP) is 3.70. The van der Waals surface area contributed by atoms with Gasteiger partial charge in [0.2, 0.25) is 5.91 Å². The van der Waals surface area contributed by atoms with E-state index in [0.29, 0.717) is 24.7 Å². The van der Waals surface area contributed by atoms with Gasteiger partial charge >= 0.3 is 0 Å². The van der Waals surface area contributed by atoms with Gasteiger partial charge in [-0.15, -0.1) is 0 Å². The fourth-order valence-corrected chi connectivity index (χ4v) is 2.77. The molecule has 1 saturated heterocycles. The van der Waals surface area contributed by atoms with Crippen molar-refractivity contribution in [1.82, 2.24) is 0 Å². The Balaban J connectivity index is 2.07. The molecule has 0 aliphatic carbocycles. The van der Waals surface area contributed by atoms with Gasteiger partial charge in [-0.25, -0.2) is 0 Å². The number of ether oxygens (including phenoxy) is 1. The third-order valence-corrected chi connectivity index (χ3v) is 3.90. The van der Waals surface area contributed by atoms with Crippen LogP contribution < -0.4 is 10.2 Å². The summed E-state index contributed by atoms with van der Waals surface area (Å²) in [5, 5.41) is 3.67. The largest absolute Gasteiger partial charge is 0.378 e. The molecule has 1 aliphatic heterocycles. The lowest BCUT2D eigenvalue weighted by Gasteiger charge is -2.31. The summed E-state index contributed by atoms with van der Waals surface area (Å²) in [6.45, 7) is 5.10. The average molecular weight is 311 g/mol. The Bertz CT molecular complexity index is 473. The zero-order valence-electron chi connectivity index (χ0n) is 12.5. The van der Waals surface area contributed by atoms with Crippen LogP contribution in [0.3, 0.4) is 0 Å². The molecule has 0 spiro atoms. The van der Waals surface area contributed by atoms with E-state index >= 15 is 0 Å². The molecular formula is C16H23ClN2O2. The number of nitrogens with one attached hydrogen (secondary N) is 1. The molecule has 4 nitrogen and oxygen atoms in total. The molecule has 1 fully saturated rings. The number of morpholine rings is 1. The van der Waals surface area contributed by atoms with Crippen LogP contribution in [0.2, 0.25) is 5.02 Å². The van der Waals surface area contributed by atoms with Gasteiger partial charge in [0.15, 0.2) is 0 Å². The number of anilines is 2. The summed E-state index contributed by atoms with van der Waals surface area (Å²) >= 11 is 6.34. The second-order valence-electron chi connectivity index (χ2n) is 5.24. The predicted molar refractivity (Wildman–Crippen MR) is 87.3 cm³/mol. The van der Waals surface area contributed by atoms with E-state index in [1.54, 1.807) is 0 Å². The highest BCUT2D eigenvalue weighted by Crippen LogP contribution is 2.34. The number of carbonyl (C=O) groups excluding carboxylic acids is 1. The molecule has 1 aliphatic rings. The van der Waals surface area contributed by atoms with Crippen molar-refractivity contribution in [2.45, 2.75) is 32.6 Å². The van der Waals surface area contributed by atoms with E-state index < -0.39 is 0 Å². The number of amides is 1. The standard InChI is InChI=1S/C16H23ClN2O2/c1-2-3-4-8-15(20)18-14-7-5-6-13(17)16(14)19-9-11-21-12-10-19/h5-7H,2-4,8-12H2,1H3,(H,18,20). The number of halogens is 1. The van der Waals surface area contributed by atoms with E-state index in [1.807, 2.05) is 18.2 Å². The van der Waals surface area contributed by atoms with Crippen LogP contribution >= 0.6 is 11.6 Å². The number of benzene rings is 1. The first kappa shape index (κ1) is 16.1. The summed E-state index contributed by atoms with van der Waals surface area (Å²) in [6.07, 6.45) is 3.68. The monoisotopic (exact) mass is 310 g/mol. The van der Waals surface area contributed by atoms with E-state index in [1.165, 1.54) is 0 Å². The molecule has 2 rings (SSSR count). The van der Waals surface area contributed by atoms with Crippen molar-refractivity contribution in [1.29, 1.82) is 0 Å². The Hall–Kier alpha value is -1.26. The highest BCUT2D eigenvalue weighted by molar-refractivity contribution is 6.34. The average Bonchev–Trinajstić information content (AvgIpc) is 2.48. The van der Waals surface area contributed by atoms with Crippen LogP contribution in [0.5, 0.6) is 0 Å². The minimum absolute atomic E-state index is 0.0558. The topological polar surface area (TPSA) is 41.6 Å². The van der Waals surface area contributed by atoms with Crippen molar-refractivity contribution in [2.75, 3.05) is 36.5 Å². The Morgan fingerprint density at radius 3 is 2.81 bits per heavy atom. The summed E-state index contributed by atoms with van der Waals surface area (Å²) in [7, 11) is 0. The Morgan fingerprint density at radius 1 is 1.33 bits per heavy atom. The minimum Gasteiger partial charge on any atom is -0.378 e. The molecule has 1 aromatic rings. The Morgan fingerprint density at radius 2 is 2.10 bits per heavy atom. The first-order chi connectivity index (χ1) is 10.2. The summed E-state index contributed by atoms with van der Waals surface area (Å²) in [5.74, 6) is 0.0558. The second-order valence-corrected chi connectivity index (χ2v) is 5.65. The SMILES string of the molecule is CCCCCC(=O)Nc1cccc(Cl)c1N1CCOCC1. The van der Waals surface area contributed by atoms with Gasteiger partial charge in [0.1, 0.15) is 0 Å². The van der Waals surface area contributed by atoms with Crippen LogP contribution in [0, 0.1) is 0 Å². The van der Waals surface area contributed by atoms with E-state index in [0.717, 1.165) is 43.7 Å². The van der Waals surface area contributed by atoms with Crippen LogP contribution in [0.15, 0.2) is 18.2 Å². The fourth-order valence-electron chi connectivity index (χ4n) is 2.47. The molecule has 0 atom stereocenters. The number of nitrogens with zero attached hydrogens (tertiary/aromatic N) is 1. The Kier molecular flexibility index (Phi) is 6.33. The van der Waals surface area contributed by atoms with Crippen molar-refractivity contribution in [3.05, 3.63) is 23.2 Å². The lowest BCUT2D eigenvalue weighted by Crippen LogP contribution is -2.37. The van der Waals surface area contributed by atoms with E-state index in [-0.39, 0.29) is 5.91 Å². The lowest BCUT2D eigenvalue weighted by molar-refractivity contribution is -0.116. The van der Waals surface area contributed by atoms with E-state index in [4.69, 9.17) is 16.3 Å². The molecule has 1 amide bonds. The molecule has 0 aromatic heterocycles. The summed E-state index contributed by atoms with van der Waals surface area (Å²) in [6, 6.07) is 5.64. The van der Waals surface area contributed by atoms with Gasteiger partial charge in [0.05, 0.1) is 29.6 Å². The van der Waals surface area contributed by atoms with Gasteiger partial charge in [0.25, 0.3) is 0 Å². The van der Waals surface area contributed by atoms with Gasteiger partial charge < -0.3 is 15.0 Å². The van der Waals surface area contributed by atoms with Crippen LogP contribution in [-0.4, -0.2) is 32.2 Å². The van der Waals surface area contributed by atoms with Crippen LogP contribution in [0.4, 0.5) is 11.4 Å². The van der Waals surface area contributed by atoms with E-state index in [9.17, 15) is 4.79 Å². The first-order valence-electron chi connectivity index (χ1n) is 7.63. The van der Waals surface area contributed by atoms with Crippen LogP contribution in [0.25, 0.3) is 0 Å². The zero-order chi connectivity index (χ0) is 15.1. The van der Waals surface area contributed by atoms with Gasteiger partial charge in [-0.3, -0.25) is 4.79 Å². The van der Waals surface area contributed by atoms with Gasteiger partial charge in [-0.2, -0.15) is 0 Å². The zero-order valence-corrected chi connectivity index (χ0v) is 13.3. The summed E-state index contributed by atoms with van der Waals surface area (Å²) in [4.78, 5) is 14.2. The summed E-state index contributed by atoms with van der Waals surface area (Å²) < 4.78 is 5.38. The number of carbonyl (C=O) groups is 1. The molecule has 0 saturated carbocycles. The quantitative estimate of drug-likeness (QED) is 0.815. The van der Waals surface area contributed by atoms with Crippen molar-refractivity contribution in [3.63, 3.8) is 0 Å². The summed E-state index contributed by atoms with van der Waals surface area (Å²) in [5.41, 5.74) is 1.71. The van der Waals surface area contributed by atoms with Crippen LogP contribution in [-0.2, 0) is 9.53 Å². The molecule has 0 bridgehead atoms. The highest BCUT2D eigenvalue weighted by Gasteiger charge is 2.18. The number of rotatable bonds is 6. The number of unbranched alkanes of at least 4 members (excludes halogenated alkanes) is 2. The molecule has 21 heavy (non-hydrogen) atoms. The molecule has 1 aromatic carbocycles. The molecule has 1 N–H and O–H groups in total. The van der Waals surface area contributed by atoms with Crippen molar-refractivity contribution >= 4 is 28.9 Å². The molecule has 0 radical (unpaired) electrons. The third-order valence-electron chi connectivity index (χ3n) is 3.60. The molecule has 5 heteroatoms. The van der Waals surface area contributed by atoms with Crippen LogP contribution in [0.1, 0.15) is 32.6 Å². The van der Waals surface area contributed by atoms with Gasteiger partial charge in [-0.1, -0.05) is 37.4 Å². The maximum Gasteiger partial charge on any atom is 0.224 e. The smallest absolute Gasteiger partial charge is 0.224 e.